The van der Waals surface area contributed by atoms with E-state index in [0.717, 1.165) is 67.9 Å². The summed E-state index contributed by atoms with van der Waals surface area (Å²) >= 11 is 0. The summed E-state index contributed by atoms with van der Waals surface area (Å²) in [7, 11) is 2.09. The van der Waals surface area contributed by atoms with Crippen LogP contribution in [0.25, 0.3) is 11.0 Å². The molecule has 2 aliphatic rings. The zero-order valence-corrected chi connectivity index (χ0v) is 18.8. The van der Waals surface area contributed by atoms with Gasteiger partial charge in [0, 0.05) is 19.1 Å². The number of fused-ring (bicyclic) bond motifs is 1. The van der Waals surface area contributed by atoms with Crippen LogP contribution < -0.4 is 4.74 Å². The molecular formula is C26H32N4O2. The van der Waals surface area contributed by atoms with Crippen LogP contribution in [0.15, 0.2) is 54.6 Å². The third-order valence-electron chi connectivity index (χ3n) is 6.98. The highest BCUT2D eigenvalue weighted by atomic mass is 16.5. The van der Waals surface area contributed by atoms with E-state index in [1.807, 2.05) is 36.4 Å². The van der Waals surface area contributed by atoms with Crippen molar-refractivity contribution in [3.8, 4) is 5.75 Å². The highest BCUT2D eigenvalue weighted by Gasteiger charge is 2.33. The molecule has 168 valence electrons. The maximum absolute atomic E-state index is 13.1. The smallest absolute Gasteiger partial charge is 0.239 e. The fraction of sp³-hybridized carbons (Fsp3) is 0.462. The molecule has 1 aromatic heterocycles. The first-order chi connectivity index (χ1) is 15.7. The van der Waals surface area contributed by atoms with E-state index in [2.05, 4.69) is 39.6 Å². The number of ether oxygens (including phenoxy) is 1. The van der Waals surface area contributed by atoms with Crippen LogP contribution in [0.3, 0.4) is 0 Å². The van der Waals surface area contributed by atoms with Gasteiger partial charge in [0.2, 0.25) is 5.91 Å². The topological polar surface area (TPSA) is 50.6 Å². The molecule has 0 radical (unpaired) electrons. The van der Waals surface area contributed by atoms with Crippen LogP contribution in [0, 0.1) is 0 Å². The molecule has 0 aliphatic carbocycles. The second kappa shape index (κ2) is 9.33. The molecule has 3 aromatic rings. The van der Waals surface area contributed by atoms with Crippen LogP contribution in [0.4, 0.5) is 0 Å². The van der Waals surface area contributed by atoms with E-state index in [1.165, 1.54) is 6.42 Å². The van der Waals surface area contributed by atoms with Crippen LogP contribution in [-0.4, -0.2) is 58.0 Å². The number of rotatable bonds is 5. The molecule has 0 bridgehead atoms. The maximum Gasteiger partial charge on any atom is 0.239 e. The van der Waals surface area contributed by atoms with Crippen molar-refractivity contribution in [3.63, 3.8) is 0 Å². The molecule has 32 heavy (non-hydrogen) atoms. The molecule has 0 spiro atoms. The first kappa shape index (κ1) is 21.0. The van der Waals surface area contributed by atoms with E-state index in [9.17, 15) is 4.79 Å². The Morgan fingerprint density at radius 2 is 1.72 bits per heavy atom. The number of piperidine rings is 2. The number of likely N-dealkylation sites (tertiary alicyclic amines) is 2. The Labute approximate surface area is 189 Å². The van der Waals surface area contributed by atoms with Gasteiger partial charge in [-0.2, -0.15) is 0 Å². The summed E-state index contributed by atoms with van der Waals surface area (Å²) < 4.78 is 8.40. The van der Waals surface area contributed by atoms with Crippen molar-refractivity contribution in [1.29, 1.82) is 0 Å². The van der Waals surface area contributed by atoms with Crippen molar-refractivity contribution >= 4 is 16.9 Å². The number of hydrogen-bond donors (Lipinski definition) is 0. The third-order valence-corrected chi connectivity index (χ3v) is 6.98. The molecule has 0 unspecified atom stereocenters. The van der Waals surface area contributed by atoms with Gasteiger partial charge in [0.25, 0.3) is 0 Å². The largest absolute Gasteiger partial charge is 0.486 e. The van der Waals surface area contributed by atoms with Gasteiger partial charge < -0.3 is 14.2 Å². The van der Waals surface area contributed by atoms with Crippen molar-refractivity contribution in [2.45, 2.75) is 50.8 Å². The molecule has 1 amide bonds. The number of benzene rings is 2. The molecule has 2 fully saturated rings. The van der Waals surface area contributed by atoms with Gasteiger partial charge in [-0.3, -0.25) is 9.69 Å². The zero-order valence-electron chi connectivity index (χ0n) is 18.8. The predicted molar refractivity (Wildman–Crippen MR) is 126 cm³/mol. The Bertz CT molecular complexity index is 1060. The third kappa shape index (κ3) is 4.24. The minimum Gasteiger partial charge on any atom is -0.486 e. The molecule has 6 nitrogen and oxygen atoms in total. The van der Waals surface area contributed by atoms with E-state index in [4.69, 9.17) is 9.72 Å². The van der Waals surface area contributed by atoms with Crippen LogP contribution in [0.5, 0.6) is 5.75 Å². The first-order valence-electron chi connectivity index (χ1n) is 11.8. The zero-order chi connectivity index (χ0) is 21.9. The number of hydrogen-bond acceptors (Lipinski definition) is 4. The summed E-state index contributed by atoms with van der Waals surface area (Å²) in [5.41, 5.74) is 2.15. The predicted octanol–water partition coefficient (Wildman–Crippen LogP) is 4.26. The van der Waals surface area contributed by atoms with Crippen LogP contribution >= 0.6 is 0 Å². The van der Waals surface area contributed by atoms with Crippen molar-refractivity contribution in [2.24, 2.45) is 0 Å². The summed E-state index contributed by atoms with van der Waals surface area (Å²) in [6.07, 6.45) is 5.23. The lowest BCUT2D eigenvalue weighted by molar-refractivity contribution is -0.139. The van der Waals surface area contributed by atoms with Gasteiger partial charge in [-0.05, 0) is 63.5 Å². The Balaban J connectivity index is 1.32. The second-order valence-corrected chi connectivity index (χ2v) is 9.04. The molecule has 3 heterocycles. The molecule has 0 saturated carbocycles. The number of carbonyl (C=O) groups is 1. The molecule has 2 aliphatic heterocycles. The minimum absolute atomic E-state index is 0.0595. The number of amides is 1. The van der Waals surface area contributed by atoms with E-state index in [-0.39, 0.29) is 6.04 Å². The van der Waals surface area contributed by atoms with Crippen LogP contribution in [0.1, 0.15) is 44.0 Å². The Morgan fingerprint density at radius 1 is 0.969 bits per heavy atom. The van der Waals surface area contributed by atoms with Crippen molar-refractivity contribution in [1.82, 2.24) is 19.4 Å². The quantitative estimate of drug-likeness (QED) is 0.604. The SMILES string of the molecule is CN1CCCC[C@@H]1C(=O)N1CCC(n2c(COc3ccccc3)nc3ccccc32)CC1. The summed E-state index contributed by atoms with van der Waals surface area (Å²) in [5, 5.41) is 0. The van der Waals surface area contributed by atoms with E-state index in [0.29, 0.717) is 18.6 Å². The van der Waals surface area contributed by atoms with Gasteiger partial charge in [-0.15, -0.1) is 0 Å². The van der Waals surface area contributed by atoms with E-state index in [1.54, 1.807) is 0 Å². The van der Waals surface area contributed by atoms with Gasteiger partial charge in [0.05, 0.1) is 17.1 Å². The average molecular weight is 433 g/mol. The lowest BCUT2D eigenvalue weighted by atomic mass is 9.99. The van der Waals surface area contributed by atoms with Crippen molar-refractivity contribution in [2.75, 3.05) is 26.7 Å². The summed E-state index contributed by atoms with van der Waals surface area (Å²) in [6, 6.07) is 18.6. The number of likely N-dealkylation sites (N-methyl/N-ethyl adjacent to an activating group) is 1. The molecular weight excluding hydrogens is 400 g/mol. The lowest BCUT2D eigenvalue weighted by Crippen LogP contribution is -2.51. The summed E-state index contributed by atoms with van der Waals surface area (Å²) in [4.78, 5) is 22.4. The van der Waals surface area contributed by atoms with Gasteiger partial charge in [-0.25, -0.2) is 4.98 Å². The normalized spacial score (nSPS) is 20.5. The van der Waals surface area contributed by atoms with Crippen LogP contribution in [-0.2, 0) is 11.4 Å². The Morgan fingerprint density at radius 3 is 2.50 bits per heavy atom. The standard InChI is InChI=1S/C26H32N4O2/c1-28-16-8-7-13-24(28)26(31)29-17-14-20(15-18-29)30-23-12-6-5-11-22(23)27-25(30)19-32-21-9-3-2-4-10-21/h2-6,9-12,20,24H,7-8,13-19H2,1H3/t24-/m1/s1. The molecule has 0 N–H and O–H groups in total. The highest BCUT2D eigenvalue weighted by molar-refractivity contribution is 5.82. The van der Waals surface area contributed by atoms with Crippen molar-refractivity contribution in [3.05, 3.63) is 60.4 Å². The fourth-order valence-electron chi connectivity index (χ4n) is 5.21. The second-order valence-electron chi connectivity index (χ2n) is 9.04. The van der Waals surface area contributed by atoms with Gasteiger partial charge >= 0.3 is 0 Å². The van der Waals surface area contributed by atoms with Crippen molar-refractivity contribution < 1.29 is 9.53 Å². The van der Waals surface area contributed by atoms with Crippen LogP contribution in [0.2, 0.25) is 0 Å². The molecule has 2 aromatic carbocycles. The molecule has 6 heteroatoms. The summed E-state index contributed by atoms with van der Waals surface area (Å²) in [5.74, 6) is 2.11. The lowest BCUT2D eigenvalue weighted by Gasteiger charge is -2.39. The number of carbonyl (C=O) groups excluding carboxylic acids is 1. The van der Waals surface area contributed by atoms with Gasteiger partial charge in [0.15, 0.2) is 0 Å². The number of imidazole rings is 1. The molecule has 2 saturated heterocycles. The molecule has 5 rings (SSSR count). The number of nitrogens with zero attached hydrogens (tertiary/aromatic N) is 4. The van der Waals surface area contributed by atoms with E-state index >= 15 is 0 Å². The Kier molecular flexibility index (Phi) is 6.12. The fourth-order valence-corrected chi connectivity index (χ4v) is 5.21. The van der Waals surface area contributed by atoms with Gasteiger partial charge in [-0.1, -0.05) is 36.8 Å². The summed E-state index contributed by atoms with van der Waals surface area (Å²) in [6.45, 7) is 3.07. The average Bonchev–Trinajstić information content (AvgIpc) is 3.22. The monoisotopic (exact) mass is 432 g/mol. The number of para-hydroxylation sites is 3. The first-order valence-corrected chi connectivity index (χ1v) is 11.8. The number of aromatic nitrogens is 2. The molecule has 1 atom stereocenters. The van der Waals surface area contributed by atoms with Gasteiger partial charge in [0.1, 0.15) is 18.2 Å². The minimum atomic E-state index is 0.0595. The Hall–Kier alpha value is -2.86. The van der Waals surface area contributed by atoms with E-state index < -0.39 is 0 Å². The maximum atomic E-state index is 13.1. The highest BCUT2D eigenvalue weighted by Crippen LogP contribution is 2.30.